The molecular formula is C6H5N3S. The minimum absolute atomic E-state index is 0.755. The van der Waals surface area contributed by atoms with Gasteiger partial charge in [0, 0.05) is 6.20 Å². The number of rotatable bonds is 0. The monoisotopic (exact) mass is 151 g/mol. The van der Waals surface area contributed by atoms with Gasteiger partial charge in [0.1, 0.15) is 0 Å². The normalized spacial score (nSPS) is 10.5. The lowest BCUT2D eigenvalue weighted by Crippen LogP contribution is -1.77. The molecule has 0 saturated carbocycles. The Balaban J connectivity index is 2.95. The molecule has 0 amide bonds. The van der Waals surface area contributed by atoms with E-state index in [-0.39, 0.29) is 0 Å². The van der Waals surface area contributed by atoms with E-state index in [2.05, 4.69) is 14.6 Å². The predicted octanol–water partition coefficient (Wildman–Crippen LogP) is 1.39. The summed E-state index contributed by atoms with van der Waals surface area (Å²) in [6, 6.07) is 1.96. The molecule has 0 unspecified atom stereocenters. The van der Waals surface area contributed by atoms with E-state index in [4.69, 9.17) is 0 Å². The van der Waals surface area contributed by atoms with E-state index in [1.165, 1.54) is 17.1 Å². The van der Waals surface area contributed by atoms with Crippen molar-refractivity contribution in [1.82, 2.24) is 14.6 Å². The van der Waals surface area contributed by atoms with Gasteiger partial charge in [-0.25, -0.2) is 4.98 Å². The van der Waals surface area contributed by atoms with Crippen molar-refractivity contribution in [2.75, 3.05) is 0 Å². The van der Waals surface area contributed by atoms with Crippen molar-refractivity contribution in [2.24, 2.45) is 0 Å². The lowest BCUT2D eigenvalue weighted by molar-refractivity contribution is 1.16. The molecule has 0 bridgehead atoms. The summed E-state index contributed by atoms with van der Waals surface area (Å²) in [4.78, 5) is 4.04. The first-order valence-electron chi connectivity index (χ1n) is 2.91. The van der Waals surface area contributed by atoms with Gasteiger partial charge in [0.25, 0.3) is 0 Å². The van der Waals surface area contributed by atoms with Crippen LogP contribution in [0.2, 0.25) is 0 Å². The number of aromatic nitrogens is 3. The van der Waals surface area contributed by atoms with Crippen molar-refractivity contribution < 1.29 is 0 Å². The number of fused-ring (bicyclic) bond motifs is 1. The molecule has 50 valence electrons. The van der Waals surface area contributed by atoms with Crippen molar-refractivity contribution in [2.45, 2.75) is 6.92 Å². The fraction of sp³-hybridized carbons (Fsp3) is 0.167. The highest BCUT2D eigenvalue weighted by Gasteiger charge is 1.99. The Morgan fingerprint density at radius 1 is 1.50 bits per heavy atom. The molecule has 0 atom stereocenters. The van der Waals surface area contributed by atoms with Crippen LogP contribution in [0, 0.1) is 6.92 Å². The molecule has 4 heteroatoms. The van der Waals surface area contributed by atoms with Crippen LogP contribution in [0.3, 0.4) is 0 Å². The minimum atomic E-state index is 0.755. The van der Waals surface area contributed by atoms with Crippen LogP contribution in [0.5, 0.6) is 0 Å². The second-order valence-corrected chi connectivity index (χ2v) is 2.81. The standard InChI is InChI=1S/C6H5N3S/c1-4-2-3-7-6-5(4)10-9-8-6/h2-3H,1H3. The quantitative estimate of drug-likeness (QED) is 0.571. The van der Waals surface area contributed by atoms with Crippen molar-refractivity contribution in [1.29, 1.82) is 0 Å². The van der Waals surface area contributed by atoms with E-state index in [9.17, 15) is 0 Å². The maximum atomic E-state index is 4.04. The van der Waals surface area contributed by atoms with E-state index in [1.807, 2.05) is 13.0 Å². The third-order valence-corrected chi connectivity index (χ3v) is 2.20. The SMILES string of the molecule is Cc1ccnc2nnsc12. The molecule has 0 aliphatic carbocycles. The molecule has 3 nitrogen and oxygen atoms in total. The zero-order chi connectivity index (χ0) is 6.97. The summed E-state index contributed by atoms with van der Waals surface area (Å²) in [5, 5.41) is 3.84. The minimum Gasteiger partial charge on any atom is -0.234 e. The Morgan fingerprint density at radius 3 is 3.20 bits per heavy atom. The van der Waals surface area contributed by atoms with Gasteiger partial charge in [0.05, 0.1) is 4.70 Å². The Hall–Kier alpha value is -1.03. The van der Waals surface area contributed by atoms with Crippen LogP contribution in [-0.2, 0) is 0 Å². The number of hydrogen-bond acceptors (Lipinski definition) is 4. The Labute approximate surface area is 61.9 Å². The van der Waals surface area contributed by atoms with Gasteiger partial charge in [-0.05, 0) is 30.1 Å². The highest BCUT2D eigenvalue weighted by Crippen LogP contribution is 2.16. The third-order valence-electron chi connectivity index (χ3n) is 1.35. The molecule has 10 heavy (non-hydrogen) atoms. The van der Waals surface area contributed by atoms with Crippen LogP contribution in [0.4, 0.5) is 0 Å². The molecule has 0 radical (unpaired) electrons. The number of aryl methyl sites for hydroxylation is 1. The van der Waals surface area contributed by atoms with Crippen molar-refractivity contribution >= 4 is 21.9 Å². The molecule has 0 aromatic carbocycles. The van der Waals surface area contributed by atoms with Gasteiger partial charge in [-0.3, -0.25) is 0 Å². The fourth-order valence-electron chi connectivity index (χ4n) is 0.814. The summed E-state index contributed by atoms with van der Waals surface area (Å²) in [5.41, 5.74) is 1.95. The van der Waals surface area contributed by atoms with Gasteiger partial charge in [0.15, 0.2) is 5.65 Å². The first-order chi connectivity index (χ1) is 4.88. The second kappa shape index (κ2) is 1.98. The summed E-state index contributed by atoms with van der Waals surface area (Å²) in [7, 11) is 0. The van der Waals surface area contributed by atoms with Crippen molar-refractivity contribution in [3.05, 3.63) is 17.8 Å². The van der Waals surface area contributed by atoms with Crippen LogP contribution in [0.25, 0.3) is 10.3 Å². The Morgan fingerprint density at radius 2 is 2.40 bits per heavy atom. The largest absolute Gasteiger partial charge is 0.234 e. The van der Waals surface area contributed by atoms with Crippen LogP contribution in [-0.4, -0.2) is 14.6 Å². The van der Waals surface area contributed by atoms with E-state index in [0.717, 1.165) is 10.3 Å². The fourth-order valence-corrected chi connectivity index (χ4v) is 1.40. The van der Waals surface area contributed by atoms with Crippen molar-refractivity contribution in [3.63, 3.8) is 0 Å². The third kappa shape index (κ3) is 0.690. The molecule has 2 aromatic heterocycles. The van der Waals surface area contributed by atoms with E-state index < -0.39 is 0 Å². The first-order valence-corrected chi connectivity index (χ1v) is 3.69. The zero-order valence-electron chi connectivity index (χ0n) is 5.40. The van der Waals surface area contributed by atoms with Gasteiger partial charge < -0.3 is 0 Å². The van der Waals surface area contributed by atoms with Crippen LogP contribution < -0.4 is 0 Å². The lowest BCUT2D eigenvalue weighted by Gasteiger charge is -1.87. The van der Waals surface area contributed by atoms with Crippen LogP contribution in [0.1, 0.15) is 5.56 Å². The Bertz CT molecular complexity index is 355. The number of nitrogens with zero attached hydrogens (tertiary/aromatic N) is 3. The molecule has 0 aliphatic heterocycles. The summed E-state index contributed by atoms with van der Waals surface area (Å²) in [6.07, 6.45) is 1.75. The maximum Gasteiger partial charge on any atom is 0.194 e. The summed E-state index contributed by atoms with van der Waals surface area (Å²) >= 11 is 1.39. The van der Waals surface area contributed by atoms with Crippen LogP contribution >= 0.6 is 11.5 Å². The van der Waals surface area contributed by atoms with Gasteiger partial charge in [0.2, 0.25) is 0 Å². The average molecular weight is 151 g/mol. The van der Waals surface area contributed by atoms with Crippen LogP contribution in [0.15, 0.2) is 12.3 Å². The maximum absolute atomic E-state index is 4.04. The average Bonchev–Trinajstić information content (AvgIpc) is 2.36. The molecule has 2 rings (SSSR count). The molecule has 0 saturated heterocycles. The Kier molecular flexibility index (Phi) is 1.14. The summed E-state index contributed by atoms with van der Waals surface area (Å²) < 4.78 is 4.88. The molecule has 2 aromatic rings. The van der Waals surface area contributed by atoms with Gasteiger partial charge in [-0.2, -0.15) is 0 Å². The highest BCUT2D eigenvalue weighted by atomic mass is 32.1. The molecule has 0 N–H and O–H groups in total. The topological polar surface area (TPSA) is 38.7 Å². The highest BCUT2D eigenvalue weighted by molar-refractivity contribution is 7.13. The molecule has 2 heterocycles. The van der Waals surface area contributed by atoms with E-state index in [0.29, 0.717) is 0 Å². The van der Waals surface area contributed by atoms with Gasteiger partial charge >= 0.3 is 0 Å². The zero-order valence-corrected chi connectivity index (χ0v) is 6.22. The number of hydrogen-bond donors (Lipinski definition) is 0. The molecular weight excluding hydrogens is 146 g/mol. The van der Waals surface area contributed by atoms with E-state index in [1.54, 1.807) is 6.20 Å². The predicted molar refractivity (Wildman–Crippen MR) is 39.9 cm³/mol. The number of pyridine rings is 1. The molecule has 0 fully saturated rings. The van der Waals surface area contributed by atoms with E-state index >= 15 is 0 Å². The second-order valence-electron chi connectivity index (χ2n) is 2.05. The smallest absolute Gasteiger partial charge is 0.194 e. The summed E-state index contributed by atoms with van der Waals surface area (Å²) in [5.74, 6) is 0. The van der Waals surface area contributed by atoms with Crippen molar-refractivity contribution in [3.8, 4) is 0 Å². The lowest BCUT2D eigenvalue weighted by atomic mass is 10.3. The first kappa shape index (κ1) is 5.73. The van der Waals surface area contributed by atoms with Gasteiger partial charge in [-0.1, -0.05) is 4.49 Å². The molecule has 0 spiro atoms. The summed E-state index contributed by atoms with van der Waals surface area (Å²) in [6.45, 7) is 2.03. The van der Waals surface area contributed by atoms with Gasteiger partial charge in [-0.15, -0.1) is 5.10 Å². The molecule has 0 aliphatic rings.